The Morgan fingerprint density at radius 1 is 1.38 bits per heavy atom. The van der Waals surface area contributed by atoms with Crippen molar-refractivity contribution < 1.29 is 14.3 Å². The van der Waals surface area contributed by atoms with Gasteiger partial charge in [-0.1, -0.05) is 6.07 Å². The summed E-state index contributed by atoms with van der Waals surface area (Å²) in [6.07, 6.45) is 3.62. The minimum Gasteiger partial charge on any atom is -0.481 e. The van der Waals surface area contributed by atoms with E-state index in [1.807, 2.05) is 19.2 Å². The van der Waals surface area contributed by atoms with E-state index in [0.29, 0.717) is 25.8 Å². The third-order valence-electron chi connectivity index (χ3n) is 5.69. The lowest BCUT2D eigenvalue weighted by Crippen LogP contribution is -2.43. The molecule has 1 atom stereocenters. The first kappa shape index (κ1) is 19.0. The van der Waals surface area contributed by atoms with Crippen LogP contribution < -0.4 is 0 Å². The van der Waals surface area contributed by atoms with E-state index < -0.39 is 11.4 Å². The van der Waals surface area contributed by atoms with Gasteiger partial charge in [-0.05, 0) is 63.8 Å². The summed E-state index contributed by atoms with van der Waals surface area (Å²) < 4.78 is 13.2. The van der Waals surface area contributed by atoms with Crippen molar-refractivity contribution in [3.8, 4) is 0 Å². The summed E-state index contributed by atoms with van der Waals surface area (Å²) in [5.74, 6) is -0.755. The predicted molar refractivity (Wildman–Crippen MR) is 101 cm³/mol. The quantitative estimate of drug-likeness (QED) is 0.819. The number of halogens is 1. The molecule has 0 aliphatic carbocycles. The highest BCUT2D eigenvalue weighted by molar-refractivity contribution is 7.10. The molecular formula is C20H25FN2O2S. The molecule has 0 radical (unpaired) electrons. The number of rotatable bonds is 6. The van der Waals surface area contributed by atoms with Crippen molar-refractivity contribution in [3.05, 3.63) is 51.7 Å². The Labute approximate surface area is 157 Å². The molecule has 1 N–H and O–H groups in total. The lowest BCUT2D eigenvalue weighted by molar-refractivity contribution is -0.148. The molecule has 1 aliphatic heterocycles. The highest BCUT2D eigenvalue weighted by Crippen LogP contribution is 2.41. The van der Waals surface area contributed by atoms with Crippen molar-refractivity contribution in [2.75, 3.05) is 13.1 Å². The molecule has 0 amide bonds. The van der Waals surface area contributed by atoms with Crippen LogP contribution in [0.4, 0.5) is 4.39 Å². The molecule has 2 aromatic rings. The van der Waals surface area contributed by atoms with Gasteiger partial charge < -0.3 is 5.11 Å². The van der Waals surface area contributed by atoms with Crippen molar-refractivity contribution >= 4 is 17.3 Å². The van der Waals surface area contributed by atoms with Crippen LogP contribution in [0.3, 0.4) is 0 Å². The lowest BCUT2D eigenvalue weighted by atomic mass is 9.82. The van der Waals surface area contributed by atoms with Gasteiger partial charge in [0.05, 0.1) is 5.41 Å². The zero-order chi connectivity index (χ0) is 18.9. The van der Waals surface area contributed by atoms with E-state index in [0.717, 1.165) is 34.0 Å². The van der Waals surface area contributed by atoms with Gasteiger partial charge in [0.1, 0.15) is 0 Å². The van der Waals surface area contributed by atoms with Crippen molar-refractivity contribution in [2.24, 2.45) is 5.41 Å². The second-order valence-corrected chi connectivity index (χ2v) is 8.83. The summed E-state index contributed by atoms with van der Waals surface area (Å²) in [5, 5.41) is 9.71. The zero-order valence-corrected chi connectivity index (χ0v) is 16.3. The topological polar surface area (TPSA) is 53.4 Å². The van der Waals surface area contributed by atoms with Crippen molar-refractivity contribution in [1.82, 2.24) is 9.88 Å². The van der Waals surface area contributed by atoms with Gasteiger partial charge in [0.2, 0.25) is 0 Å². The van der Waals surface area contributed by atoms with E-state index in [1.165, 1.54) is 6.07 Å². The number of pyridine rings is 1. The number of hydrogen-bond donors (Lipinski definition) is 1. The van der Waals surface area contributed by atoms with E-state index >= 15 is 0 Å². The van der Waals surface area contributed by atoms with E-state index in [9.17, 15) is 14.3 Å². The first-order valence-corrected chi connectivity index (χ1v) is 9.70. The number of nitrogens with zero attached hydrogens (tertiary/aromatic N) is 2. The Hall–Kier alpha value is -1.79. The van der Waals surface area contributed by atoms with Gasteiger partial charge in [-0.3, -0.25) is 14.7 Å². The molecule has 0 saturated carbocycles. The molecule has 1 fully saturated rings. The maximum Gasteiger partial charge on any atom is 0.311 e. The smallest absolute Gasteiger partial charge is 0.311 e. The van der Waals surface area contributed by atoms with Crippen LogP contribution in [-0.4, -0.2) is 34.0 Å². The van der Waals surface area contributed by atoms with Gasteiger partial charge >= 0.3 is 5.97 Å². The number of carboxylic acid groups (broad SMARTS) is 1. The average Bonchev–Trinajstić information content (AvgIpc) is 3.21. The standard InChI is InChI=1S/C20H25FN2O2S/c1-14-4-5-15(12-22-14)19(2,3)23-11-10-20(13-23,18(24)25)9-8-16-6-7-17(21)26-16/h4-7,12H,8-11,13H2,1-3H3,(H,24,25). The molecule has 26 heavy (non-hydrogen) atoms. The fourth-order valence-corrected chi connectivity index (χ4v) is 4.42. The molecule has 0 aromatic carbocycles. The first-order chi connectivity index (χ1) is 12.2. The maximum atomic E-state index is 13.2. The van der Waals surface area contributed by atoms with E-state index in [4.69, 9.17) is 0 Å². The maximum absolute atomic E-state index is 13.2. The van der Waals surface area contributed by atoms with Gasteiger partial charge in [0.15, 0.2) is 5.13 Å². The molecule has 0 spiro atoms. The highest BCUT2D eigenvalue weighted by atomic mass is 32.1. The number of hydrogen-bond acceptors (Lipinski definition) is 4. The number of carbonyl (C=O) groups is 1. The Bertz CT molecular complexity index is 787. The van der Waals surface area contributed by atoms with Crippen LogP contribution in [0, 0.1) is 17.5 Å². The summed E-state index contributed by atoms with van der Waals surface area (Å²) >= 11 is 1.10. The number of thiophene rings is 1. The predicted octanol–water partition coefficient (Wildman–Crippen LogP) is 4.24. The minimum absolute atomic E-state index is 0.217. The second kappa shape index (κ2) is 7.08. The summed E-state index contributed by atoms with van der Waals surface area (Å²) in [6, 6.07) is 7.26. The van der Waals surface area contributed by atoms with E-state index in [-0.39, 0.29) is 10.7 Å². The van der Waals surface area contributed by atoms with Gasteiger partial charge in [-0.2, -0.15) is 4.39 Å². The molecule has 1 saturated heterocycles. The molecule has 1 unspecified atom stereocenters. The Balaban J connectivity index is 1.76. The minimum atomic E-state index is -0.782. The molecule has 1 aliphatic rings. The van der Waals surface area contributed by atoms with Gasteiger partial charge in [0, 0.05) is 35.4 Å². The normalized spacial score (nSPS) is 21.2. The zero-order valence-electron chi connectivity index (χ0n) is 15.5. The van der Waals surface area contributed by atoms with Crippen molar-refractivity contribution in [1.29, 1.82) is 0 Å². The highest BCUT2D eigenvalue weighted by Gasteiger charge is 2.48. The molecule has 4 nitrogen and oxygen atoms in total. The van der Waals surface area contributed by atoms with Crippen LogP contribution >= 0.6 is 11.3 Å². The fraction of sp³-hybridized carbons (Fsp3) is 0.500. The van der Waals surface area contributed by atoms with Gasteiger partial charge in [0.25, 0.3) is 0 Å². The Morgan fingerprint density at radius 2 is 2.15 bits per heavy atom. The fourth-order valence-electron chi connectivity index (χ4n) is 3.70. The van der Waals surface area contributed by atoms with Crippen molar-refractivity contribution in [3.63, 3.8) is 0 Å². The van der Waals surface area contributed by atoms with Gasteiger partial charge in [-0.25, -0.2) is 0 Å². The van der Waals surface area contributed by atoms with E-state index in [2.05, 4.69) is 29.8 Å². The van der Waals surface area contributed by atoms with Crippen LogP contribution in [0.15, 0.2) is 30.5 Å². The number of likely N-dealkylation sites (tertiary alicyclic amines) is 1. The molecule has 2 aromatic heterocycles. The van der Waals surface area contributed by atoms with Crippen LogP contribution in [0.1, 0.15) is 42.8 Å². The van der Waals surface area contributed by atoms with Crippen LogP contribution in [0.2, 0.25) is 0 Å². The number of carboxylic acids is 1. The lowest BCUT2D eigenvalue weighted by Gasteiger charge is -2.37. The molecule has 3 rings (SSSR count). The summed E-state index contributed by atoms with van der Waals surface area (Å²) in [7, 11) is 0. The summed E-state index contributed by atoms with van der Waals surface area (Å²) in [6.45, 7) is 7.41. The van der Waals surface area contributed by atoms with Gasteiger partial charge in [-0.15, -0.1) is 11.3 Å². The molecule has 6 heteroatoms. The average molecular weight is 376 g/mol. The Morgan fingerprint density at radius 3 is 2.73 bits per heavy atom. The monoisotopic (exact) mass is 376 g/mol. The summed E-state index contributed by atoms with van der Waals surface area (Å²) in [4.78, 5) is 19.6. The summed E-state index contributed by atoms with van der Waals surface area (Å²) in [5.41, 5.74) is 0.988. The SMILES string of the molecule is Cc1ccc(C(C)(C)N2CCC(CCc3ccc(F)s3)(C(=O)O)C2)cn1. The molecular weight excluding hydrogens is 351 g/mol. The Kier molecular flexibility index (Phi) is 5.17. The third kappa shape index (κ3) is 3.67. The first-order valence-electron chi connectivity index (χ1n) is 8.89. The molecule has 140 valence electrons. The largest absolute Gasteiger partial charge is 0.481 e. The van der Waals surface area contributed by atoms with Crippen LogP contribution in [0.25, 0.3) is 0 Å². The molecule has 3 heterocycles. The second-order valence-electron chi connectivity index (χ2n) is 7.71. The third-order valence-corrected chi connectivity index (χ3v) is 6.63. The van der Waals surface area contributed by atoms with E-state index in [1.54, 1.807) is 6.07 Å². The van der Waals surface area contributed by atoms with Crippen LogP contribution in [0.5, 0.6) is 0 Å². The van der Waals surface area contributed by atoms with Crippen molar-refractivity contribution in [2.45, 2.75) is 45.6 Å². The number of aromatic nitrogens is 1. The van der Waals surface area contributed by atoms with Crippen LogP contribution in [-0.2, 0) is 16.8 Å². The molecule has 0 bridgehead atoms. The number of aliphatic carboxylic acids is 1. The number of aryl methyl sites for hydroxylation is 2.